The van der Waals surface area contributed by atoms with Crippen LogP contribution >= 0.6 is 0 Å². The maximum atomic E-state index is 11.9. The summed E-state index contributed by atoms with van der Waals surface area (Å²) < 4.78 is 1.31. The highest BCUT2D eigenvalue weighted by Crippen LogP contribution is 1.95. The van der Waals surface area contributed by atoms with Crippen LogP contribution in [0.3, 0.4) is 0 Å². The highest BCUT2D eigenvalue weighted by Gasteiger charge is 2.08. The standard InChI is InChI=1S/C13H21N3O2/c1-8(2)14-6-9(3)7-16-13(18)11(5)10(4)12(17)15-16/h8,14H,3,6-7H2,1-2,4-5H3,(H,15,17). The fraction of sp³-hybridized carbons (Fsp3) is 0.538. The van der Waals surface area contributed by atoms with Crippen molar-refractivity contribution in [3.05, 3.63) is 44.0 Å². The van der Waals surface area contributed by atoms with Crippen LogP contribution in [-0.4, -0.2) is 22.4 Å². The molecule has 100 valence electrons. The molecule has 1 aromatic rings. The van der Waals surface area contributed by atoms with Crippen molar-refractivity contribution in [3.63, 3.8) is 0 Å². The number of hydrogen-bond donors (Lipinski definition) is 2. The molecule has 0 aliphatic rings. The Kier molecular flexibility index (Phi) is 4.67. The average molecular weight is 251 g/mol. The number of nitrogens with one attached hydrogen (secondary N) is 2. The molecule has 18 heavy (non-hydrogen) atoms. The van der Waals surface area contributed by atoms with Gasteiger partial charge in [0, 0.05) is 23.7 Å². The van der Waals surface area contributed by atoms with Crippen LogP contribution in [0, 0.1) is 13.8 Å². The minimum absolute atomic E-state index is 0.169. The minimum Gasteiger partial charge on any atom is -0.311 e. The molecule has 0 radical (unpaired) electrons. The first-order valence-electron chi connectivity index (χ1n) is 6.03. The zero-order valence-corrected chi connectivity index (χ0v) is 11.5. The third kappa shape index (κ3) is 3.43. The summed E-state index contributed by atoms with van der Waals surface area (Å²) in [5.74, 6) is 0. The van der Waals surface area contributed by atoms with E-state index in [9.17, 15) is 9.59 Å². The summed E-state index contributed by atoms with van der Waals surface area (Å²) in [6.45, 7) is 12.2. The summed E-state index contributed by atoms with van der Waals surface area (Å²) in [5, 5.41) is 5.78. The predicted octanol–water partition coefficient (Wildman–Crippen LogP) is 0.708. The van der Waals surface area contributed by atoms with Gasteiger partial charge in [-0.2, -0.15) is 0 Å². The van der Waals surface area contributed by atoms with Crippen LogP contribution in [0.15, 0.2) is 21.7 Å². The Bertz CT molecular complexity index is 552. The molecule has 5 heteroatoms. The molecule has 2 N–H and O–H groups in total. The Balaban J connectivity index is 2.89. The lowest BCUT2D eigenvalue weighted by molar-refractivity contribution is 0.566. The zero-order chi connectivity index (χ0) is 13.9. The number of hydrogen-bond acceptors (Lipinski definition) is 3. The number of aromatic nitrogens is 2. The lowest BCUT2D eigenvalue weighted by Gasteiger charge is -2.12. The monoisotopic (exact) mass is 251 g/mol. The Morgan fingerprint density at radius 3 is 2.50 bits per heavy atom. The molecule has 5 nitrogen and oxygen atoms in total. The van der Waals surface area contributed by atoms with E-state index in [-0.39, 0.29) is 11.1 Å². The normalized spacial score (nSPS) is 10.9. The van der Waals surface area contributed by atoms with Crippen molar-refractivity contribution in [3.8, 4) is 0 Å². The van der Waals surface area contributed by atoms with Gasteiger partial charge in [-0.15, -0.1) is 0 Å². The van der Waals surface area contributed by atoms with E-state index >= 15 is 0 Å². The molecule has 1 aromatic heterocycles. The van der Waals surface area contributed by atoms with Crippen molar-refractivity contribution < 1.29 is 0 Å². The molecular weight excluding hydrogens is 230 g/mol. The maximum absolute atomic E-state index is 11.9. The first-order valence-corrected chi connectivity index (χ1v) is 6.03. The second-order valence-corrected chi connectivity index (χ2v) is 4.87. The van der Waals surface area contributed by atoms with Gasteiger partial charge >= 0.3 is 0 Å². The Morgan fingerprint density at radius 2 is 1.94 bits per heavy atom. The van der Waals surface area contributed by atoms with E-state index in [0.717, 1.165) is 5.57 Å². The average Bonchev–Trinajstić information content (AvgIpc) is 2.30. The van der Waals surface area contributed by atoms with Crippen molar-refractivity contribution in [2.45, 2.75) is 40.3 Å². The first-order chi connectivity index (χ1) is 8.32. The first kappa shape index (κ1) is 14.4. The van der Waals surface area contributed by atoms with Gasteiger partial charge in [-0.05, 0) is 19.4 Å². The fourth-order valence-corrected chi connectivity index (χ4v) is 1.53. The van der Waals surface area contributed by atoms with Gasteiger partial charge in [0.25, 0.3) is 11.1 Å². The van der Waals surface area contributed by atoms with Crippen molar-refractivity contribution in [1.29, 1.82) is 0 Å². The van der Waals surface area contributed by atoms with E-state index in [1.165, 1.54) is 4.68 Å². The molecule has 0 aliphatic heterocycles. The fourth-order valence-electron chi connectivity index (χ4n) is 1.53. The van der Waals surface area contributed by atoms with Crippen LogP contribution in [0.2, 0.25) is 0 Å². The number of rotatable bonds is 5. The molecule has 1 heterocycles. The quantitative estimate of drug-likeness (QED) is 0.757. The third-order valence-corrected chi connectivity index (χ3v) is 2.85. The zero-order valence-electron chi connectivity index (χ0n) is 11.5. The molecule has 0 saturated heterocycles. The van der Waals surface area contributed by atoms with Gasteiger partial charge in [0.1, 0.15) is 0 Å². The van der Waals surface area contributed by atoms with Crippen LogP contribution in [0.1, 0.15) is 25.0 Å². The predicted molar refractivity (Wildman–Crippen MR) is 73.1 cm³/mol. The molecule has 0 spiro atoms. The van der Waals surface area contributed by atoms with E-state index in [1.54, 1.807) is 13.8 Å². The summed E-state index contributed by atoms with van der Waals surface area (Å²) in [4.78, 5) is 23.5. The van der Waals surface area contributed by atoms with Crippen molar-refractivity contribution >= 4 is 0 Å². The summed E-state index contributed by atoms with van der Waals surface area (Å²) in [6.07, 6.45) is 0. The molecule has 0 aromatic carbocycles. The SMILES string of the molecule is C=C(CNC(C)C)Cn1[nH]c(=O)c(C)c(C)c1=O. The van der Waals surface area contributed by atoms with E-state index in [0.29, 0.717) is 30.3 Å². The van der Waals surface area contributed by atoms with E-state index in [2.05, 4.69) is 17.0 Å². The molecule has 0 atom stereocenters. The van der Waals surface area contributed by atoms with Gasteiger partial charge in [0.15, 0.2) is 0 Å². The minimum atomic E-state index is -0.225. The molecule has 0 saturated carbocycles. The van der Waals surface area contributed by atoms with Crippen LogP contribution < -0.4 is 16.4 Å². The summed E-state index contributed by atoms with van der Waals surface area (Å²) in [7, 11) is 0. The van der Waals surface area contributed by atoms with Gasteiger partial charge in [-0.3, -0.25) is 14.7 Å². The maximum Gasteiger partial charge on any atom is 0.268 e. The highest BCUT2D eigenvalue weighted by molar-refractivity contribution is 5.17. The second kappa shape index (κ2) is 5.82. The largest absolute Gasteiger partial charge is 0.311 e. The second-order valence-electron chi connectivity index (χ2n) is 4.87. The van der Waals surface area contributed by atoms with Gasteiger partial charge in [-0.25, -0.2) is 4.68 Å². The van der Waals surface area contributed by atoms with Crippen LogP contribution in [0.25, 0.3) is 0 Å². The van der Waals surface area contributed by atoms with Crippen LogP contribution in [0.5, 0.6) is 0 Å². The number of nitrogens with zero attached hydrogens (tertiary/aromatic N) is 1. The summed E-state index contributed by atoms with van der Waals surface area (Å²) in [5.41, 5.74) is 1.42. The number of aromatic amines is 1. The lowest BCUT2D eigenvalue weighted by atomic mass is 10.2. The molecule has 0 unspecified atom stereocenters. The lowest BCUT2D eigenvalue weighted by Crippen LogP contribution is -2.35. The smallest absolute Gasteiger partial charge is 0.268 e. The van der Waals surface area contributed by atoms with Gasteiger partial charge in [0.2, 0.25) is 0 Å². The molecule has 0 aliphatic carbocycles. The van der Waals surface area contributed by atoms with E-state index in [1.807, 2.05) is 13.8 Å². The number of H-pyrrole nitrogens is 1. The highest BCUT2D eigenvalue weighted by atomic mass is 16.2. The van der Waals surface area contributed by atoms with E-state index < -0.39 is 0 Å². The van der Waals surface area contributed by atoms with Gasteiger partial charge < -0.3 is 5.32 Å². The van der Waals surface area contributed by atoms with Crippen LogP contribution in [-0.2, 0) is 6.54 Å². The van der Waals surface area contributed by atoms with Gasteiger partial charge in [0.05, 0.1) is 6.54 Å². The topological polar surface area (TPSA) is 66.9 Å². The summed E-state index contributed by atoms with van der Waals surface area (Å²) in [6, 6.07) is 0.359. The Morgan fingerprint density at radius 1 is 1.33 bits per heavy atom. The van der Waals surface area contributed by atoms with Crippen molar-refractivity contribution in [2.75, 3.05) is 6.54 Å². The molecule has 0 amide bonds. The van der Waals surface area contributed by atoms with E-state index in [4.69, 9.17) is 0 Å². The molecule has 0 bridgehead atoms. The Hall–Kier alpha value is -1.62. The third-order valence-electron chi connectivity index (χ3n) is 2.85. The molecule has 1 rings (SSSR count). The van der Waals surface area contributed by atoms with Crippen molar-refractivity contribution in [1.82, 2.24) is 15.1 Å². The molecule has 0 fully saturated rings. The summed E-state index contributed by atoms with van der Waals surface area (Å²) >= 11 is 0. The van der Waals surface area contributed by atoms with Crippen molar-refractivity contribution in [2.24, 2.45) is 0 Å². The molecular formula is C13H21N3O2. The Labute approximate surface area is 107 Å². The van der Waals surface area contributed by atoms with Crippen LogP contribution in [0.4, 0.5) is 0 Å². The van der Waals surface area contributed by atoms with Gasteiger partial charge in [-0.1, -0.05) is 20.4 Å².